The fourth-order valence-corrected chi connectivity index (χ4v) is 1.50. The molecule has 5 heteroatoms. The molecule has 1 N–H and O–H groups in total. The van der Waals surface area contributed by atoms with Crippen molar-refractivity contribution in [2.45, 2.75) is 6.54 Å². The topological polar surface area (TPSA) is 47.3 Å². The number of hydrogen-bond donors (Lipinski definition) is 1. The largest absolute Gasteiger partial charge is 0.491 e. The van der Waals surface area contributed by atoms with E-state index in [0.717, 1.165) is 12.3 Å². The molecular weight excluding hydrogens is 240 g/mol. The maximum atomic E-state index is 5.78. The van der Waals surface area contributed by atoms with Gasteiger partial charge in [0.05, 0.1) is 24.0 Å². The van der Waals surface area contributed by atoms with Gasteiger partial charge in [-0.15, -0.1) is 0 Å². The van der Waals surface area contributed by atoms with Gasteiger partial charge in [-0.05, 0) is 12.1 Å². The molecule has 0 saturated carbocycles. The molecule has 0 fully saturated rings. The summed E-state index contributed by atoms with van der Waals surface area (Å²) in [6, 6.07) is 5.53. The summed E-state index contributed by atoms with van der Waals surface area (Å²) in [6.45, 7) is 1.99. The molecule has 0 atom stereocenters. The summed E-state index contributed by atoms with van der Waals surface area (Å²) in [7, 11) is 0. The predicted octanol–water partition coefficient (Wildman–Crippen LogP) is 2.50. The van der Waals surface area contributed by atoms with E-state index in [0.29, 0.717) is 23.9 Å². The third-order valence-corrected chi connectivity index (χ3v) is 2.31. The summed E-state index contributed by atoms with van der Waals surface area (Å²) in [5.41, 5.74) is 0. The van der Waals surface area contributed by atoms with Crippen LogP contribution in [0.2, 0.25) is 5.02 Å². The zero-order valence-electron chi connectivity index (χ0n) is 9.23. The number of nitrogens with one attached hydrogen (secondary N) is 1. The smallest absolute Gasteiger partial charge is 0.139 e. The maximum Gasteiger partial charge on any atom is 0.139 e. The summed E-state index contributed by atoms with van der Waals surface area (Å²) in [4.78, 5) is 3.93. The Balaban J connectivity index is 1.63. The first kappa shape index (κ1) is 12.0. The van der Waals surface area contributed by atoms with Gasteiger partial charge in [-0.1, -0.05) is 11.6 Å². The Morgan fingerprint density at radius 1 is 1.41 bits per heavy atom. The number of furan rings is 1. The van der Waals surface area contributed by atoms with Crippen molar-refractivity contribution in [1.29, 1.82) is 0 Å². The van der Waals surface area contributed by atoms with E-state index in [9.17, 15) is 0 Å². The Kier molecular flexibility index (Phi) is 4.41. The van der Waals surface area contributed by atoms with E-state index in [1.54, 1.807) is 24.7 Å². The SMILES string of the molecule is Clc1cncc(OCCNCc2ccco2)c1. The van der Waals surface area contributed by atoms with Crippen LogP contribution in [0.25, 0.3) is 0 Å². The van der Waals surface area contributed by atoms with E-state index in [-0.39, 0.29) is 0 Å². The molecule has 4 nitrogen and oxygen atoms in total. The molecule has 0 aliphatic heterocycles. The van der Waals surface area contributed by atoms with Crippen LogP contribution in [0.3, 0.4) is 0 Å². The summed E-state index contributed by atoms with van der Waals surface area (Å²) in [5.74, 6) is 1.59. The molecule has 0 radical (unpaired) electrons. The molecule has 17 heavy (non-hydrogen) atoms. The highest BCUT2D eigenvalue weighted by molar-refractivity contribution is 6.30. The molecule has 0 spiro atoms. The fraction of sp³-hybridized carbons (Fsp3) is 0.250. The van der Waals surface area contributed by atoms with E-state index >= 15 is 0 Å². The molecule has 0 unspecified atom stereocenters. The second-order valence-corrected chi connectivity index (χ2v) is 3.88. The normalized spacial score (nSPS) is 10.4. The molecule has 0 aromatic carbocycles. The minimum atomic E-state index is 0.558. The average Bonchev–Trinajstić information content (AvgIpc) is 2.82. The van der Waals surface area contributed by atoms with Crippen LogP contribution in [0.15, 0.2) is 41.3 Å². The summed E-state index contributed by atoms with van der Waals surface area (Å²) in [5, 5.41) is 3.78. The van der Waals surface area contributed by atoms with Gasteiger partial charge in [0.1, 0.15) is 18.1 Å². The molecule has 2 aromatic heterocycles. The first-order valence-electron chi connectivity index (χ1n) is 5.31. The van der Waals surface area contributed by atoms with Crippen molar-refractivity contribution < 1.29 is 9.15 Å². The van der Waals surface area contributed by atoms with Crippen molar-refractivity contribution in [3.63, 3.8) is 0 Å². The Morgan fingerprint density at radius 3 is 3.12 bits per heavy atom. The molecule has 2 heterocycles. The number of ether oxygens (including phenoxy) is 1. The lowest BCUT2D eigenvalue weighted by atomic mass is 10.4. The highest BCUT2D eigenvalue weighted by Crippen LogP contribution is 2.14. The third-order valence-electron chi connectivity index (χ3n) is 2.11. The van der Waals surface area contributed by atoms with E-state index in [1.807, 2.05) is 12.1 Å². The monoisotopic (exact) mass is 252 g/mol. The Morgan fingerprint density at radius 2 is 2.35 bits per heavy atom. The standard InChI is InChI=1S/C12H13ClN2O2/c13-10-6-12(9-15-7-10)17-5-3-14-8-11-2-1-4-16-11/h1-2,4,6-7,9,14H,3,5,8H2. The van der Waals surface area contributed by atoms with Gasteiger partial charge < -0.3 is 14.5 Å². The lowest BCUT2D eigenvalue weighted by Gasteiger charge is -2.06. The third kappa shape index (κ3) is 4.09. The van der Waals surface area contributed by atoms with Gasteiger partial charge in [-0.25, -0.2) is 0 Å². The maximum absolute atomic E-state index is 5.78. The molecular formula is C12H13ClN2O2. The summed E-state index contributed by atoms with van der Waals surface area (Å²) >= 11 is 5.78. The summed E-state index contributed by atoms with van der Waals surface area (Å²) in [6.07, 6.45) is 4.87. The van der Waals surface area contributed by atoms with Crippen molar-refractivity contribution >= 4 is 11.6 Å². The van der Waals surface area contributed by atoms with Crippen molar-refractivity contribution in [3.8, 4) is 5.75 Å². The number of pyridine rings is 1. The lowest BCUT2D eigenvalue weighted by Crippen LogP contribution is -2.20. The number of hydrogen-bond acceptors (Lipinski definition) is 4. The number of aromatic nitrogens is 1. The molecule has 2 aromatic rings. The predicted molar refractivity (Wildman–Crippen MR) is 65.2 cm³/mol. The summed E-state index contributed by atoms with van der Waals surface area (Å²) < 4.78 is 10.6. The Hall–Kier alpha value is -1.52. The van der Waals surface area contributed by atoms with Gasteiger partial charge in [0.2, 0.25) is 0 Å². The van der Waals surface area contributed by atoms with Gasteiger partial charge in [-0.3, -0.25) is 4.98 Å². The van der Waals surface area contributed by atoms with Crippen molar-refractivity contribution in [1.82, 2.24) is 10.3 Å². The van der Waals surface area contributed by atoms with Crippen molar-refractivity contribution in [3.05, 3.63) is 47.6 Å². The van der Waals surface area contributed by atoms with Crippen LogP contribution in [-0.2, 0) is 6.54 Å². The second-order valence-electron chi connectivity index (χ2n) is 3.44. The average molecular weight is 253 g/mol. The second kappa shape index (κ2) is 6.27. The van der Waals surface area contributed by atoms with Crippen LogP contribution >= 0.6 is 11.6 Å². The van der Waals surface area contributed by atoms with Crippen LogP contribution < -0.4 is 10.1 Å². The first-order chi connectivity index (χ1) is 8.34. The molecule has 0 amide bonds. The van der Waals surface area contributed by atoms with Crippen LogP contribution in [0.1, 0.15) is 5.76 Å². The van der Waals surface area contributed by atoms with Gasteiger partial charge >= 0.3 is 0 Å². The Bertz CT molecular complexity index is 446. The van der Waals surface area contributed by atoms with E-state index < -0.39 is 0 Å². The van der Waals surface area contributed by atoms with Gasteiger partial charge in [0.15, 0.2) is 0 Å². The molecule has 0 aliphatic carbocycles. The van der Waals surface area contributed by atoms with E-state index in [1.165, 1.54) is 0 Å². The number of nitrogens with zero attached hydrogens (tertiary/aromatic N) is 1. The lowest BCUT2D eigenvalue weighted by molar-refractivity contribution is 0.310. The van der Waals surface area contributed by atoms with Crippen molar-refractivity contribution in [2.75, 3.05) is 13.2 Å². The highest BCUT2D eigenvalue weighted by atomic mass is 35.5. The van der Waals surface area contributed by atoms with E-state index in [2.05, 4.69) is 10.3 Å². The fourth-order valence-electron chi connectivity index (χ4n) is 1.34. The molecule has 0 aliphatic rings. The molecule has 2 rings (SSSR count). The van der Waals surface area contributed by atoms with Crippen LogP contribution in [0.4, 0.5) is 0 Å². The van der Waals surface area contributed by atoms with Gasteiger partial charge in [-0.2, -0.15) is 0 Å². The highest BCUT2D eigenvalue weighted by Gasteiger charge is 1.97. The number of rotatable bonds is 6. The molecule has 0 bridgehead atoms. The quantitative estimate of drug-likeness (QED) is 0.803. The van der Waals surface area contributed by atoms with Gasteiger partial charge in [0, 0.05) is 18.8 Å². The zero-order valence-corrected chi connectivity index (χ0v) is 9.98. The molecule has 0 saturated heterocycles. The van der Waals surface area contributed by atoms with Crippen molar-refractivity contribution in [2.24, 2.45) is 0 Å². The first-order valence-corrected chi connectivity index (χ1v) is 5.69. The molecule has 90 valence electrons. The van der Waals surface area contributed by atoms with E-state index in [4.69, 9.17) is 20.8 Å². The minimum Gasteiger partial charge on any atom is -0.491 e. The minimum absolute atomic E-state index is 0.558. The van der Waals surface area contributed by atoms with Crippen LogP contribution in [-0.4, -0.2) is 18.1 Å². The van der Waals surface area contributed by atoms with Crippen LogP contribution in [0.5, 0.6) is 5.75 Å². The Labute approximate surface area is 105 Å². The zero-order chi connectivity index (χ0) is 11.9. The number of halogens is 1. The van der Waals surface area contributed by atoms with Crippen LogP contribution in [0, 0.1) is 0 Å². The van der Waals surface area contributed by atoms with Gasteiger partial charge in [0.25, 0.3) is 0 Å².